The number of halogens is 2. The molecule has 0 saturated carbocycles. The molecule has 0 fully saturated rings. The van der Waals surface area contributed by atoms with Crippen LogP contribution in [0.15, 0.2) is 24.3 Å². The van der Waals surface area contributed by atoms with Gasteiger partial charge in [-0.2, -0.15) is 0 Å². The fraction of sp³-hybridized carbons (Fsp3) is 0.368. The van der Waals surface area contributed by atoms with Gasteiger partial charge in [0.25, 0.3) is 0 Å². The van der Waals surface area contributed by atoms with E-state index in [2.05, 4.69) is 0 Å². The van der Waals surface area contributed by atoms with E-state index in [1.165, 1.54) is 0 Å². The Bertz CT molecular complexity index is 712. The molecule has 136 valence electrons. The molecule has 25 heavy (non-hydrogen) atoms. The van der Waals surface area contributed by atoms with Gasteiger partial charge in [0, 0.05) is 5.02 Å². The number of aryl methyl sites for hydroxylation is 2. The molecule has 2 aromatic carbocycles. The third-order valence-corrected chi connectivity index (χ3v) is 4.61. The van der Waals surface area contributed by atoms with Gasteiger partial charge in [0.1, 0.15) is 19.0 Å². The minimum absolute atomic E-state index is 0.340. The van der Waals surface area contributed by atoms with E-state index in [0.29, 0.717) is 36.3 Å². The highest BCUT2D eigenvalue weighted by atomic mass is 35.5. The van der Waals surface area contributed by atoms with Crippen molar-refractivity contribution in [3.05, 3.63) is 51.0 Å². The summed E-state index contributed by atoms with van der Waals surface area (Å²) in [6.07, 6.45) is 0.731. The summed E-state index contributed by atoms with van der Waals surface area (Å²) in [6, 6.07) is 7.55. The number of benzene rings is 2. The maximum absolute atomic E-state index is 6.30. The standard InChI is InChI=1S/C19H23Cl2NO3/c1-12-8-15(9-13(2)18(12)21)24-6-7-25-19-16(20)10-14(4-5-22)11-17(19)23-3/h8-11H,4-7,22H2,1-3H3. The van der Waals surface area contributed by atoms with Crippen molar-refractivity contribution in [1.29, 1.82) is 0 Å². The average Bonchev–Trinajstić information content (AvgIpc) is 2.57. The number of nitrogens with two attached hydrogens (primary N) is 1. The number of ether oxygens (including phenoxy) is 3. The second kappa shape index (κ2) is 9.18. The van der Waals surface area contributed by atoms with Crippen LogP contribution in [0.5, 0.6) is 17.2 Å². The van der Waals surface area contributed by atoms with Crippen LogP contribution in [0.1, 0.15) is 16.7 Å². The van der Waals surface area contributed by atoms with Gasteiger partial charge in [0.15, 0.2) is 11.5 Å². The zero-order valence-electron chi connectivity index (χ0n) is 14.7. The Kier molecular flexibility index (Phi) is 7.24. The van der Waals surface area contributed by atoms with Crippen LogP contribution in [0.3, 0.4) is 0 Å². The highest BCUT2D eigenvalue weighted by Crippen LogP contribution is 2.36. The summed E-state index contributed by atoms with van der Waals surface area (Å²) >= 11 is 12.5. The highest BCUT2D eigenvalue weighted by Gasteiger charge is 2.12. The van der Waals surface area contributed by atoms with Crippen molar-refractivity contribution < 1.29 is 14.2 Å². The van der Waals surface area contributed by atoms with Crippen molar-refractivity contribution in [2.75, 3.05) is 26.9 Å². The Morgan fingerprint density at radius 2 is 1.60 bits per heavy atom. The van der Waals surface area contributed by atoms with Gasteiger partial charge in [-0.3, -0.25) is 0 Å². The van der Waals surface area contributed by atoms with E-state index < -0.39 is 0 Å². The van der Waals surface area contributed by atoms with Crippen LogP contribution >= 0.6 is 23.2 Å². The first kappa shape index (κ1) is 19.7. The van der Waals surface area contributed by atoms with E-state index in [9.17, 15) is 0 Å². The number of rotatable bonds is 8. The molecule has 0 aliphatic carbocycles. The lowest BCUT2D eigenvalue weighted by molar-refractivity contribution is 0.211. The molecular formula is C19H23Cl2NO3. The van der Waals surface area contributed by atoms with Crippen molar-refractivity contribution in [2.24, 2.45) is 5.73 Å². The van der Waals surface area contributed by atoms with Gasteiger partial charge >= 0.3 is 0 Å². The Balaban J connectivity index is 1.98. The molecule has 4 nitrogen and oxygen atoms in total. The molecule has 2 N–H and O–H groups in total. The molecule has 0 heterocycles. The fourth-order valence-corrected chi connectivity index (χ4v) is 2.91. The number of hydrogen-bond donors (Lipinski definition) is 1. The van der Waals surface area contributed by atoms with Crippen molar-refractivity contribution >= 4 is 23.2 Å². The van der Waals surface area contributed by atoms with E-state index in [1.54, 1.807) is 7.11 Å². The Morgan fingerprint density at radius 1 is 0.960 bits per heavy atom. The SMILES string of the molecule is COc1cc(CCN)cc(Cl)c1OCCOc1cc(C)c(Cl)c(C)c1. The first-order valence-electron chi connectivity index (χ1n) is 8.05. The monoisotopic (exact) mass is 383 g/mol. The summed E-state index contributed by atoms with van der Waals surface area (Å²) in [6.45, 7) is 5.17. The third-order valence-electron chi connectivity index (χ3n) is 3.73. The second-order valence-corrected chi connectivity index (χ2v) is 6.50. The maximum Gasteiger partial charge on any atom is 0.179 e. The lowest BCUT2D eigenvalue weighted by Gasteiger charge is -2.15. The molecule has 0 amide bonds. The summed E-state index contributed by atoms with van der Waals surface area (Å²) in [5.74, 6) is 1.87. The molecule has 2 rings (SSSR count). The molecule has 2 aromatic rings. The van der Waals surface area contributed by atoms with E-state index >= 15 is 0 Å². The molecule has 0 atom stereocenters. The van der Waals surface area contributed by atoms with Crippen molar-refractivity contribution in [3.8, 4) is 17.2 Å². The quantitative estimate of drug-likeness (QED) is 0.677. The van der Waals surface area contributed by atoms with Crippen LogP contribution in [0.4, 0.5) is 0 Å². The van der Waals surface area contributed by atoms with Crippen LogP contribution in [0.2, 0.25) is 10.0 Å². The van der Waals surface area contributed by atoms with Gasteiger partial charge in [-0.05, 0) is 67.8 Å². The van der Waals surface area contributed by atoms with Crippen molar-refractivity contribution in [2.45, 2.75) is 20.3 Å². The van der Waals surface area contributed by atoms with E-state index in [0.717, 1.165) is 33.9 Å². The highest BCUT2D eigenvalue weighted by molar-refractivity contribution is 6.32. The minimum atomic E-state index is 0.340. The van der Waals surface area contributed by atoms with Crippen LogP contribution in [0.25, 0.3) is 0 Å². The number of methoxy groups -OCH3 is 1. The molecule has 0 aromatic heterocycles. The summed E-state index contributed by atoms with van der Waals surface area (Å²) < 4.78 is 16.9. The molecule has 0 radical (unpaired) electrons. The predicted molar refractivity (Wildman–Crippen MR) is 103 cm³/mol. The second-order valence-electron chi connectivity index (χ2n) is 5.72. The Morgan fingerprint density at radius 3 is 2.20 bits per heavy atom. The summed E-state index contributed by atoms with van der Waals surface area (Å²) in [7, 11) is 1.58. The van der Waals surface area contributed by atoms with Gasteiger partial charge in [-0.1, -0.05) is 23.2 Å². The zero-order chi connectivity index (χ0) is 18.4. The van der Waals surface area contributed by atoms with Crippen molar-refractivity contribution in [3.63, 3.8) is 0 Å². The van der Waals surface area contributed by atoms with Crippen LogP contribution in [-0.4, -0.2) is 26.9 Å². The van der Waals surface area contributed by atoms with Crippen molar-refractivity contribution in [1.82, 2.24) is 0 Å². The van der Waals surface area contributed by atoms with Gasteiger partial charge in [-0.15, -0.1) is 0 Å². The summed E-state index contributed by atoms with van der Waals surface area (Å²) in [5, 5.41) is 1.26. The molecule has 0 unspecified atom stereocenters. The van der Waals surface area contributed by atoms with Crippen LogP contribution < -0.4 is 19.9 Å². The van der Waals surface area contributed by atoms with Gasteiger partial charge in [-0.25, -0.2) is 0 Å². The average molecular weight is 384 g/mol. The first-order chi connectivity index (χ1) is 12.0. The van der Waals surface area contributed by atoms with Gasteiger partial charge in [0.05, 0.1) is 12.1 Å². The molecule has 0 aliphatic heterocycles. The molecular weight excluding hydrogens is 361 g/mol. The minimum Gasteiger partial charge on any atom is -0.493 e. The molecule has 0 aliphatic rings. The molecule has 0 saturated heterocycles. The molecule has 0 bridgehead atoms. The normalized spacial score (nSPS) is 10.6. The Hall–Kier alpha value is -1.62. The lowest BCUT2D eigenvalue weighted by atomic mass is 10.1. The summed E-state index contributed by atoms with van der Waals surface area (Å²) in [4.78, 5) is 0. The lowest BCUT2D eigenvalue weighted by Crippen LogP contribution is -2.10. The fourth-order valence-electron chi connectivity index (χ4n) is 2.52. The maximum atomic E-state index is 6.30. The van der Waals surface area contributed by atoms with E-state index in [1.807, 2.05) is 38.1 Å². The van der Waals surface area contributed by atoms with E-state index in [-0.39, 0.29) is 0 Å². The number of hydrogen-bond acceptors (Lipinski definition) is 4. The molecule has 6 heteroatoms. The van der Waals surface area contributed by atoms with E-state index in [4.69, 9.17) is 43.1 Å². The topological polar surface area (TPSA) is 53.7 Å². The zero-order valence-corrected chi connectivity index (χ0v) is 16.2. The smallest absolute Gasteiger partial charge is 0.179 e. The first-order valence-corrected chi connectivity index (χ1v) is 8.80. The predicted octanol–water partition coefficient (Wildman–Crippen LogP) is 4.58. The van der Waals surface area contributed by atoms with Crippen LogP contribution in [0, 0.1) is 13.8 Å². The molecule has 0 spiro atoms. The van der Waals surface area contributed by atoms with Crippen LogP contribution in [-0.2, 0) is 6.42 Å². The summed E-state index contributed by atoms with van der Waals surface area (Å²) in [5.41, 5.74) is 8.57. The van der Waals surface area contributed by atoms with Gasteiger partial charge < -0.3 is 19.9 Å². The Labute approximate surface area is 158 Å². The largest absolute Gasteiger partial charge is 0.493 e. The third kappa shape index (κ3) is 5.18. The van der Waals surface area contributed by atoms with Gasteiger partial charge in [0.2, 0.25) is 0 Å².